The smallest absolute Gasteiger partial charge is 0.251 e. The fourth-order valence-electron chi connectivity index (χ4n) is 3.64. The quantitative estimate of drug-likeness (QED) is 0.324. The maximum atomic E-state index is 12.5. The predicted octanol–water partition coefficient (Wildman–Crippen LogP) is 6.43. The molecule has 0 bridgehead atoms. The molecule has 0 aliphatic carbocycles. The van der Waals surface area contributed by atoms with E-state index < -0.39 is 0 Å². The van der Waals surface area contributed by atoms with Gasteiger partial charge in [0.1, 0.15) is 5.37 Å². The van der Waals surface area contributed by atoms with Gasteiger partial charge in [0, 0.05) is 30.2 Å². The average molecular weight is 532 g/mol. The van der Waals surface area contributed by atoms with E-state index in [1.165, 1.54) is 0 Å². The summed E-state index contributed by atoms with van der Waals surface area (Å²) in [6.45, 7) is 1.16. The Morgan fingerprint density at radius 3 is 2.50 bits per heavy atom. The fourth-order valence-corrected chi connectivity index (χ4v) is 5.95. The number of amides is 2. The number of rotatable bonds is 9. The van der Waals surface area contributed by atoms with Gasteiger partial charge in [0.25, 0.3) is 5.91 Å². The Morgan fingerprint density at radius 1 is 1.00 bits per heavy atom. The Hall–Kier alpha value is -2.12. The zero-order valence-corrected chi connectivity index (χ0v) is 21.5. The van der Waals surface area contributed by atoms with E-state index in [2.05, 4.69) is 5.32 Å². The number of hydrogen-bond acceptors (Lipinski definition) is 4. The number of nitrogens with one attached hydrogen (secondary N) is 1. The Balaban J connectivity index is 1.26. The van der Waals surface area contributed by atoms with Crippen molar-refractivity contribution in [3.05, 3.63) is 105 Å². The molecule has 0 spiro atoms. The van der Waals surface area contributed by atoms with E-state index in [9.17, 15) is 9.59 Å². The third kappa shape index (κ3) is 6.51. The van der Waals surface area contributed by atoms with Gasteiger partial charge >= 0.3 is 0 Å². The second-order valence-electron chi connectivity index (χ2n) is 7.85. The van der Waals surface area contributed by atoms with Gasteiger partial charge < -0.3 is 10.2 Å². The van der Waals surface area contributed by atoms with Crippen LogP contribution in [0, 0.1) is 0 Å². The van der Waals surface area contributed by atoms with Gasteiger partial charge in [-0.25, -0.2) is 0 Å². The lowest BCUT2D eigenvalue weighted by Crippen LogP contribution is -2.28. The largest absolute Gasteiger partial charge is 0.351 e. The molecule has 1 fully saturated rings. The minimum absolute atomic E-state index is 0.0393. The van der Waals surface area contributed by atoms with Crippen molar-refractivity contribution in [2.24, 2.45) is 0 Å². The standard InChI is InChI=1S/C26H24Cl2N2O2S2/c27-22-11-6-19(14-23(22)28)16-33-13-12-29-25(32)20-7-9-21(10-8-20)26-30(24(31)17-34-26)15-18-4-2-1-3-5-18/h1-11,14,26H,12-13,15-17H2,(H,29,32). The van der Waals surface area contributed by atoms with E-state index in [-0.39, 0.29) is 17.2 Å². The maximum Gasteiger partial charge on any atom is 0.251 e. The molecule has 0 radical (unpaired) electrons. The van der Waals surface area contributed by atoms with Gasteiger partial charge in [0.15, 0.2) is 0 Å². The lowest BCUT2D eigenvalue weighted by Gasteiger charge is -2.24. The van der Waals surface area contributed by atoms with Crippen LogP contribution in [0.5, 0.6) is 0 Å². The molecule has 0 aromatic heterocycles. The number of hydrogen-bond donors (Lipinski definition) is 1. The summed E-state index contributed by atoms with van der Waals surface area (Å²) < 4.78 is 0. The van der Waals surface area contributed by atoms with Crippen LogP contribution < -0.4 is 5.32 Å². The van der Waals surface area contributed by atoms with Crippen LogP contribution >= 0.6 is 46.7 Å². The van der Waals surface area contributed by atoms with Crippen LogP contribution in [0.25, 0.3) is 0 Å². The Morgan fingerprint density at radius 2 is 1.76 bits per heavy atom. The molecule has 176 valence electrons. The first-order valence-corrected chi connectivity index (χ1v) is 13.8. The molecule has 3 aromatic carbocycles. The highest BCUT2D eigenvalue weighted by Gasteiger charge is 2.32. The van der Waals surface area contributed by atoms with Gasteiger partial charge in [-0.2, -0.15) is 11.8 Å². The lowest BCUT2D eigenvalue weighted by atomic mass is 10.1. The zero-order valence-electron chi connectivity index (χ0n) is 18.4. The topological polar surface area (TPSA) is 49.4 Å². The molecule has 4 rings (SSSR count). The maximum absolute atomic E-state index is 12.5. The van der Waals surface area contributed by atoms with E-state index >= 15 is 0 Å². The van der Waals surface area contributed by atoms with Crippen LogP contribution in [0.1, 0.15) is 32.4 Å². The first kappa shape index (κ1) is 25.0. The second kappa shape index (κ2) is 12.0. The summed E-state index contributed by atoms with van der Waals surface area (Å²) >= 11 is 15.3. The Bertz CT molecular complexity index is 1140. The molecule has 0 saturated carbocycles. The number of halogens is 2. The molecule has 1 N–H and O–H groups in total. The van der Waals surface area contributed by atoms with Crippen LogP contribution in [0.3, 0.4) is 0 Å². The van der Waals surface area contributed by atoms with Crippen molar-refractivity contribution in [1.29, 1.82) is 0 Å². The molecule has 1 aliphatic heterocycles. The zero-order chi connectivity index (χ0) is 23.9. The van der Waals surface area contributed by atoms with Crippen LogP contribution in [-0.4, -0.2) is 34.8 Å². The van der Waals surface area contributed by atoms with Crippen molar-refractivity contribution in [1.82, 2.24) is 10.2 Å². The second-order valence-corrected chi connectivity index (χ2v) is 10.8. The summed E-state index contributed by atoms with van der Waals surface area (Å²) in [5, 5.41) is 4.03. The van der Waals surface area contributed by atoms with Gasteiger partial charge in [0.2, 0.25) is 5.91 Å². The highest BCUT2D eigenvalue weighted by atomic mass is 35.5. The van der Waals surface area contributed by atoms with Crippen LogP contribution in [0.4, 0.5) is 0 Å². The molecule has 1 aliphatic rings. The Kier molecular flexibility index (Phi) is 8.84. The number of carbonyl (C=O) groups excluding carboxylic acids is 2. The summed E-state index contributed by atoms with van der Waals surface area (Å²) in [5.74, 6) is 2.11. The molecule has 1 atom stereocenters. The van der Waals surface area contributed by atoms with Crippen molar-refractivity contribution in [3.8, 4) is 0 Å². The van der Waals surface area contributed by atoms with Crippen molar-refractivity contribution >= 4 is 58.5 Å². The van der Waals surface area contributed by atoms with Crippen LogP contribution in [0.15, 0.2) is 72.8 Å². The van der Waals surface area contributed by atoms with E-state index in [1.807, 2.05) is 71.6 Å². The average Bonchev–Trinajstić information content (AvgIpc) is 3.21. The van der Waals surface area contributed by atoms with E-state index in [0.29, 0.717) is 34.5 Å². The highest BCUT2D eigenvalue weighted by molar-refractivity contribution is 8.00. The number of carbonyl (C=O) groups is 2. The molecule has 8 heteroatoms. The summed E-state index contributed by atoms with van der Waals surface area (Å²) in [4.78, 5) is 26.9. The molecule has 1 saturated heterocycles. The predicted molar refractivity (Wildman–Crippen MR) is 144 cm³/mol. The molecular formula is C26H24Cl2N2O2S2. The minimum Gasteiger partial charge on any atom is -0.351 e. The van der Waals surface area contributed by atoms with Gasteiger partial charge in [-0.05, 0) is 41.0 Å². The van der Waals surface area contributed by atoms with E-state index in [4.69, 9.17) is 23.2 Å². The molecule has 2 amide bonds. The number of benzene rings is 3. The third-order valence-corrected chi connectivity index (χ3v) is 8.43. The van der Waals surface area contributed by atoms with Crippen molar-refractivity contribution in [2.45, 2.75) is 17.7 Å². The summed E-state index contributed by atoms with van der Waals surface area (Å²) in [6.07, 6.45) is 0. The van der Waals surface area contributed by atoms with Gasteiger partial charge in [-0.3, -0.25) is 9.59 Å². The highest BCUT2D eigenvalue weighted by Crippen LogP contribution is 2.39. The monoisotopic (exact) mass is 530 g/mol. The van der Waals surface area contributed by atoms with Crippen molar-refractivity contribution < 1.29 is 9.59 Å². The molecule has 3 aromatic rings. The van der Waals surface area contributed by atoms with Crippen molar-refractivity contribution in [3.63, 3.8) is 0 Å². The van der Waals surface area contributed by atoms with Gasteiger partial charge in [0.05, 0.1) is 15.8 Å². The summed E-state index contributed by atoms with van der Waals surface area (Å²) in [5.41, 5.74) is 3.85. The van der Waals surface area contributed by atoms with Gasteiger partial charge in [-0.15, -0.1) is 11.8 Å². The lowest BCUT2D eigenvalue weighted by molar-refractivity contribution is -0.128. The first-order valence-electron chi connectivity index (χ1n) is 10.9. The molecule has 1 unspecified atom stereocenters. The number of thioether (sulfide) groups is 2. The normalized spacial score (nSPS) is 15.5. The van der Waals surface area contributed by atoms with Crippen LogP contribution in [-0.2, 0) is 17.1 Å². The SMILES string of the molecule is O=C(NCCSCc1ccc(Cl)c(Cl)c1)c1ccc(C2SCC(=O)N2Cc2ccccc2)cc1. The molecule has 4 nitrogen and oxygen atoms in total. The molecule has 1 heterocycles. The molecular weight excluding hydrogens is 507 g/mol. The first-order chi connectivity index (χ1) is 16.5. The number of nitrogens with zero attached hydrogens (tertiary/aromatic N) is 1. The minimum atomic E-state index is -0.0991. The van der Waals surface area contributed by atoms with Gasteiger partial charge in [-0.1, -0.05) is 71.7 Å². The van der Waals surface area contributed by atoms with E-state index in [1.54, 1.807) is 29.6 Å². The van der Waals surface area contributed by atoms with Crippen molar-refractivity contribution in [2.75, 3.05) is 18.1 Å². The summed E-state index contributed by atoms with van der Waals surface area (Å²) in [6, 6.07) is 23.2. The fraction of sp³-hybridized carbons (Fsp3) is 0.231. The Labute approximate surface area is 218 Å². The van der Waals surface area contributed by atoms with E-state index in [0.717, 1.165) is 28.2 Å². The third-order valence-electron chi connectivity index (χ3n) is 5.41. The summed E-state index contributed by atoms with van der Waals surface area (Å²) in [7, 11) is 0. The molecule has 34 heavy (non-hydrogen) atoms. The van der Waals surface area contributed by atoms with Crippen LogP contribution in [0.2, 0.25) is 10.0 Å².